The normalized spacial score (nSPS) is 11.1. The first kappa shape index (κ1) is 23.8. The smallest absolute Gasteiger partial charge is 0.192 e. The number of carbonyl (C=O) groups is 1. The summed E-state index contributed by atoms with van der Waals surface area (Å²) in [7, 11) is 0. The summed E-state index contributed by atoms with van der Waals surface area (Å²) in [6, 6.07) is 10.8. The van der Waals surface area contributed by atoms with Crippen molar-refractivity contribution in [2.45, 2.75) is 39.1 Å². The molecule has 8 nitrogen and oxygen atoms in total. The van der Waals surface area contributed by atoms with Crippen LogP contribution >= 0.6 is 23.4 Å². The molecule has 3 aromatic heterocycles. The highest BCUT2D eigenvalue weighted by Gasteiger charge is 2.20. The molecule has 0 saturated carbocycles. The van der Waals surface area contributed by atoms with Crippen LogP contribution in [0, 0.1) is 20.8 Å². The maximum absolute atomic E-state index is 13.1. The van der Waals surface area contributed by atoms with Crippen LogP contribution in [-0.4, -0.2) is 36.0 Å². The molecule has 0 bridgehead atoms. The number of ketones is 1. The minimum absolute atomic E-state index is 0.00307. The van der Waals surface area contributed by atoms with Gasteiger partial charge in [-0.05, 0) is 51.1 Å². The Balaban J connectivity index is 1.46. The van der Waals surface area contributed by atoms with Crippen LogP contribution in [-0.2, 0) is 13.2 Å². The topological polar surface area (TPSA) is 88.0 Å². The Morgan fingerprint density at radius 1 is 1.21 bits per heavy atom. The highest BCUT2D eigenvalue weighted by molar-refractivity contribution is 7.99. The monoisotopic (exact) mass is 497 g/mol. The Labute approximate surface area is 206 Å². The molecule has 0 spiro atoms. The Hall–Kier alpha value is -3.30. The number of hydrogen-bond donors (Lipinski definition) is 0. The number of benzene rings is 1. The van der Waals surface area contributed by atoms with Gasteiger partial charge in [0.15, 0.2) is 22.6 Å². The van der Waals surface area contributed by atoms with E-state index in [0.717, 1.165) is 11.4 Å². The van der Waals surface area contributed by atoms with Gasteiger partial charge in [-0.3, -0.25) is 13.9 Å². The first-order valence-corrected chi connectivity index (χ1v) is 11.9. The van der Waals surface area contributed by atoms with Gasteiger partial charge in [-0.15, -0.1) is 16.8 Å². The molecule has 10 heteroatoms. The van der Waals surface area contributed by atoms with Crippen LogP contribution < -0.4 is 4.74 Å². The lowest BCUT2D eigenvalue weighted by molar-refractivity contribution is 0.102. The van der Waals surface area contributed by atoms with Gasteiger partial charge in [-0.2, -0.15) is 0 Å². The van der Waals surface area contributed by atoms with Crippen molar-refractivity contribution in [2.24, 2.45) is 0 Å². The number of allylic oxidation sites excluding steroid dienone is 1. The number of halogens is 1. The second-order valence-corrected chi connectivity index (χ2v) is 9.05. The summed E-state index contributed by atoms with van der Waals surface area (Å²) in [5, 5.41) is 13.9. The third kappa shape index (κ3) is 5.10. The molecule has 4 aromatic rings. The quantitative estimate of drug-likeness (QED) is 0.165. The van der Waals surface area contributed by atoms with Gasteiger partial charge in [0.2, 0.25) is 0 Å². The number of hydrogen-bond acceptors (Lipinski definition) is 7. The number of rotatable bonds is 10. The van der Waals surface area contributed by atoms with Crippen molar-refractivity contribution in [1.82, 2.24) is 24.5 Å². The second kappa shape index (κ2) is 10.3. The Morgan fingerprint density at radius 3 is 2.65 bits per heavy atom. The molecule has 0 unspecified atom stereocenters. The lowest BCUT2D eigenvalue weighted by atomic mass is 10.2. The van der Waals surface area contributed by atoms with Crippen LogP contribution in [0.1, 0.15) is 33.3 Å². The molecule has 0 aliphatic carbocycles. The van der Waals surface area contributed by atoms with Gasteiger partial charge in [-0.1, -0.05) is 34.6 Å². The fourth-order valence-corrected chi connectivity index (χ4v) is 4.56. The zero-order valence-corrected chi connectivity index (χ0v) is 20.7. The van der Waals surface area contributed by atoms with E-state index in [1.807, 2.05) is 42.0 Å². The molecule has 1 aromatic carbocycles. The van der Waals surface area contributed by atoms with E-state index in [4.69, 9.17) is 20.9 Å². The maximum Gasteiger partial charge on any atom is 0.192 e. The van der Waals surface area contributed by atoms with Crippen LogP contribution in [0.25, 0.3) is 5.82 Å². The molecule has 0 aliphatic heterocycles. The number of Topliss-reactive ketones (excluding diaryl/α,β-unsaturated/α-hetero) is 1. The zero-order chi connectivity index (χ0) is 24.2. The minimum atomic E-state index is -0.00307. The minimum Gasteiger partial charge on any atom is -0.486 e. The molecule has 0 amide bonds. The zero-order valence-electron chi connectivity index (χ0n) is 19.1. The van der Waals surface area contributed by atoms with Gasteiger partial charge < -0.3 is 9.26 Å². The summed E-state index contributed by atoms with van der Waals surface area (Å²) in [6.45, 7) is 10.2. The first-order chi connectivity index (χ1) is 16.4. The van der Waals surface area contributed by atoms with Gasteiger partial charge in [-0.25, -0.2) is 0 Å². The van der Waals surface area contributed by atoms with Crippen LogP contribution in [0.3, 0.4) is 0 Å². The summed E-state index contributed by atoms with van der Waals surface area (Å²) in [6.07, 6.45) is 1.76. The SMILES string of the molecule is C=CCn1c(COc2ccc(Cl)cc2)nnc1SCC(=O)c1cc(C)n(-c2cc(C)on2)c1C. The standard InChI is InChI=1S/C24H24ClN5O3S/c1-5-10-29-23(13-32-19-8-6-18(25)7-9-19)26-27-24(29)34-14-21(31)20-11-15(2)30(17(20)4)22-12-16(3)33-28-22/h5-9,11-12H,1,10,13-14H2,2-4H3. The average molecular weight is 498 g/mol. The first-order valence-electron chi connectivity index (χ1n) is 10.6. The van der Waals surface area contributed by atoms with E-state index in [9.17, 15) is 4.79 Å². The van der Waals surface area contributed by atoms with Crippen molar-refractivity contribution < 1.29 is 14.1 Å². The van der Waals surface area contributed by atoms with Gasteiger partial charge in [0.25, 0.3) is 0 Å². The van der Waals surface area contributed by atoms with E-state index in [1.54, 1.807) is 30.3 Å². The molecular weight excluding hydrogens is 474 g/mol. The van der Waals surface area contributed by atoms with E-state index in [1.165, 1.54) is 11.8 Å². The van der Waals surface area contributed by atoms with Crippen molar-refractivity contribution in [3.05, 3.63) is 82.6 Å². The second-order valence-electron chi connectivity index (χ2n) is 7.67. The molecule has 176 valence electrons. The van der Waals surface area contributed by atoms with E-state index >= 15 is 0 Å². The Kier molecular flexibility index (Phi) is 7.23. The highest BCUT2D eigenvalue weighted by Crippen LogP contribution is 2.25. The lowest BCUT2D eigenvalue weighted by Gasteiger charge is -2.09. The number of ether oxygens (including phenoxy) is 1. The Morgan fingerprint density at radius 2 is 1.97 bits per heavy atom. The molecule has 0 fully saturated rings. The molecule has 0 saturated heterocycles. The molecule has 0 N–H and O–H groups in total. The number of aromatic nitrogens is 5. The van der Waals surface area contributed by atoms with Crippen molar-refractivity contribution in [3.63, 3.8) is 0 Å². The van der Waals surface area contributed by atoms with Crippen LogP contribution in [0.4, 0.5) is 0 Å². The van der Waals surface area contributed by atoms with Gasteiger partial charge in [0.1, 0.15) is 18.1 Å². The predicted octanol–water partition coefficient (Wildman–Crippen LogP) is 5.38. The third-order valence-corrected chi connectivity index (χ3v) is 6.41. The van der Waals surface area contributed by atoms with Crippen LogP contribution in [0.15, 0.2) is 58.7 Å². The maximum atomic E-state index is 13.1. The number of aryl methyl sites for hydroxylation is 2. The van der Waals surface area contributed by atoms with Crippen LogP contribution in [0.2, 0.25) is 5.02 Å². The van der Waals surface area contributed by atoms with Gasteiger partial charge >= 0.3 is 0 Å². The van der Waals surface area contributed by atoms with E-state index in [-0.39, 0.29) is 18.1 Å². The van der Waals surface area contributed by atoms with E-state index < -0.39 is 0 Å². The van der Waals surface area contributed by atoms with Crippen LogP contribution in [0.5, 0.6) is 5.75 Å². The lowest BCUT2D eigenvalue weighted by Crippen LogP contribution is -2.09. The molecule has 0 atom stereocenters. The van der Waals surface area contributed by atoms with Crippen molar-refractivity contribution in [1.29, 1.82) is 0 Å². The number of thioether (sulfide) groups is 1. The Bertz CT molecular complexity index is 1320. The molecule has 4 rings (SSSR count). The van der Waals surface area contributed by atoms with Crippen molar-refractivity contribution >= 4 is 29.1 Å². The summed E-state index contributed by atoms with van der Waals surface area (Å²) >= 11 is 7.26. The summed E-state index contributed by atoms with van der Waals surface area (Å²) in [4.78, 5) is 13.1. The third-order valence-electron chi connectivity index (χ3n) is 5.20. The summed E-state index contributed by atoms with van der Waals surface area (Å²) in [5.74, 6) is 2.91. The predicted molar refractivity (Wildman–Crippen MR) is 131 cm³/mol. The number of nitrogens with zero attached hydrogens (tertiary/aromatic N) is 5. The van der Waals surface area contributed by atoms with Crippen molar-refractivity contribution in [2.75, 3.05) is 5.75 Å². The average Bonchev–Trinajstić information content (AvgIpc) is 3.49. The largest absolute Gasteiger partial charge is 0.486 e. The van der Waals surface area contributed by atoms with Gasteiger partial charge in [0.05, 0.1) is 5.75 Å². The molecule has 3 heterocycles. The molecular formula is C24H24ClN5O3S. The summed E-state index contributed by atoms with van der Waals surface area (Å²) in [5.41, 5.74) is 2.38. The van der Waals surface area contributed by atoms with Gasteiger partial charge in [0, 0.05) is 34.6 Å². The highest BCUT2D eigenvalue weighted by atomic mass is 35.5. The van der Waals surface area contributed by atoms with E-state index in [2.05, 4.69) is 21.9 Å². The van der Waals surface area contributed by atoms with E-state index in [0.29, 0.717) is 45.4 Å². The van der Waals surface area contributed by atoms with Crippen molar-refractivity contribution in [3.8, 4) is 11.6 Å². The number of carbonyl (C=O) groups excluding carboxylic acids is 1. The fraction of sp³-hybridized carbons (Fsp3) is 0.250. The molecule has 34 heavy (non-hydrogen) atoms. The summed E-state index contributed by atoms with van der Waals surface area (Å²) < 4.78 is 14.8. The fourth-order valence-electron chi connectivity index (χ4n) is 3.59. The molecule has 0 radical (unpaired) electrons. The molecule has 0 aliphatic rings.